The Kier molecular flexibility index (Phi) is 4.16. The van der Waals surface area contributed by atoms with Crippen molar-refractivity contribution in [3.63, 3.8) is 0 Å². The van der Waals surface area contributed by atoms with Crippen LogP contribution in [0.25, 0.3) is 10.8 Å². The molecule has 2 amide bonds. The van der Waals surface area contributed by atoms with Crippen LogP contribution in [0.5, 0.6) is 0 Å². The van der Waals surface area contributed by atoms with E-state index in [1.54, 1.807) is 31.2 Å². The number of anilines is 1. The maximum absolute atomic E-state index is 13.1. The minimum Gasteiger partial charge on any atom is -0.462 e. The summed E-state index contributed by atoms with van der Waals surface area (Å²) < 4.78 is 5.00. The van der Waals surface area contributed by atoms with Gasteiger partial charge in [0.25, 0.3) is 11.8 Å². The Morgan fingerprint density at radius 3 is 2.22 bits per heavy atom. The Hall–Kier alpha value is -3.18. The summed E-state index contributed by atoms with van der Waals surface area (Å²) >= 11 is 6.10. The number of amides is 2. The fourth-order valence-electron chi connectivity index (χ4n) is 3.28. The minimum absolute atomic E-state index is 0.105. The van der Waals surface area contributed by atoms with Gasteiger partial charge in [-0.25, -0.2) is 9.69 Å². The molecule has 0 saturated carbocycles. The molecule has 27 heavy (non-hydrogen) atoms. The Morgan fingerprint density at radius 1 is 1.00 bits per heavy atom. The highest BCUT2D eigenvalue weighted by Crippen LogP contribution is 2.34. The predicted octanol–water partition coefficient (Wildman–Crippen LogP) is 4.47. The van der Waals surface area contributed by atoms with Crippen molar-refractivity contribution in [3.8, 4) is 0 Å². The SMILES string of the molecule is CCOC(=O)c1cc(N2C(=O)c3cccc4cccc(c34)C2=O)ccc1Cl. The molecule has 1 aliphatic heterocycles. The third-order valence-corrected chi connectivity index (χ3v) is 4.80. The van der Waals surface area contributed by atoms with Crippen molar-refractivity contribution >= 4 is 45.8 Å². The molecule has 0 saturated heterocycles. The van der Waals surface area contributed by atoms with Gasteiger partial charge in [0.05, 0.1) is 22.9 Å². The van der Waals surface area contributed by atoms with Crippen LogP contribution < -0.4 is 4.90 Å². The van der Waals surface area contributed by atoms with Gasteiger partial charge >= 0.3 is 5.97 Å². The third-order valence-electron chi connectivity index (χ3n) is 4.48. The number of ether oxygens (including phenoxy) is 1. The van der Waals surface area contributed by atoms with Crippen molar-refractivity contribution in [2.24, 2.45) is 0 Å². The minimum atomic E-state index is -0.608. The number of nitrogens with zero attached hydrogens (tertiary/aromatic N) is 1. The van der Waals surface area contributed by atoms with Gasteiger partial charge in [0.2, 0.25) is 0 Å². The molecule has 3 aromatic carbocycles. The Balaban J connectivity index is 1.87. The highest BCUT2D eigenvalue weighted by molar-refractivity contribution is 6.37. The number of esters is 1. The van der Waals surface area contributed by atoms with E-state index in [4.69, 9.17) is 16.3 Å². The lowest BCUT2D eigenvalue weighted by atomic mass is 9.93. The molecule has 0 atom stereocenters. The van der Waals surface area contributed by atoms with Crippen LogP contribution in [-0.4, -0.2) is 24.4 Å². The zero-order valence-corrected chi connectivity index (χ0v) is 15.1. The largest absolute Gasteiger partial charge is 0.462 e. The van der Waals surface area contributed by atoms with Crippen molar-refractivity contribution in [1.29, 1.82) is 0 Å². The highest BCUT2D eigenvalue weighted by Gasteiger charge is 2.34. The van der Waals surface area contributed by atoms with E-state index in [1.807, 2.05) is 12.1 Å². The summed E-state index contributed by atoms with van der Waals surface area (Å²) in [6.45, 7) is 1.88. The second kappa shape index (κ2) is 6.52. The number of rotatable bonds is 3. The molecule has 1 heterocycles. The zero-order valence-electron chi connectivity index (χ0n) is 14.4. The first-order valence-corrected chi connectivity index (χ1v) is 8.78. The van der Waals surface area contributed by atoms with Crippen LogP contribution in [0.1, 0.15) is 38.0 Å². The fourth-order valence-corrected chi connectivity index (χ4v) is 3.48. The Labute approximate surface area is 160 Å². The van der Waals surface area contributed by atoms with Crippen LogP contribution >= 0.6 is 11.6 Å². The number of hydrogen-bond acceptors (Lipinski definition) is 4. The lowest BCUT2D eigenvalue weighted by Gasteiger charge is -2.27. The van der Waals surface area contributed by atoms with E-state index < -0.39 is 17.8 Å². The Bertz CT molecular complexity index is 1070. The van der Waals surface area contributed by atoms with E-state index >= 15 is 0 Å². The van der Waals surface area contributed by atoms with Crippen LogP contribution in [0.4, 0.5) is 5.69 Å². The van der Waals surface area contributed by atoms with Gasteiger partial charge in [0, 0.05) is 16.5 Å². The summed E-state index contributed by atoms with van der Waals surface area (Å²) in [5.74, 6) is -1.49. The van der Waals surface area contributed by atoms with E-state index in [-0.39, 0.29) is 22.9 Å². The van der Waals surface area contributed by atoms with Crippen LogP contribution in [0.2, 0.25) is 5.02 Å². The number of benzene rings is 3. The molecule has 0 aromatic heterocycles. The highest BCUT2D eigenvalue weighted by atomic mass is 35.5. The second-order valence-electron chi connectivity index (χ2n) is 6.04. The zero-order chi connectivity index (χ0) is 19.1. The molecule has 6 heteroatoms. The summed E-state index contributed by atoms with van der Waals surface area (Å²) in [5.41, 5.74) is 1.25. The normalized spacial score (nSPS) is 13.2. The molecule has 0 aliphatic carbocycles. The Morgan fingerprint density at radius 2 is 1.63 bits per heavy atom. The molecule has 0 bridgehead atoms. The molecule has 0 spiro atoms. The lowest BCUT2D eigenvalue weighted by Crippen LogP contribution is -2.40. The maximum Gasteiger partial charge on any atom is 0.339 e. The van der Waals surface area contributed by atoms with Crippen molar-refractivity contribution in [3.05, 3.63) is 76.3 Å². The van der Waals surface area contributed by atoms with Gasteiger partial charge in [-0.1, -0.05) is 35.9 Å². The molecular formula is C21H14ClNO4. The molecule has 0 unspecified atom stereocenters. The number of imide groups is 1. The summed E-state index contributed by atoms with van der Waals surface area (Å²) in [6, 6.07) is 15.1. The molecule has 1 aliphatic rings. The van der Waals surface area contributed by atoms with Crippen LogP contribution in [0.15, 0.2) is 54.6 Å². The first kappa shape index (κ1) is 17.2. The van der Waals surface area contributed by atoms with E-state index in [2.05, 4.69) is 0 Å². The standard InChI is InChI=1S/C21H14ClNO4/c1-2-27-21(26)16-11-13(9-10-17(16)22)23-19(24)14-7-3-5-12-6-4-8-15(18(12)14)20(23)25/h3-11H,2H2,1H3. The molecule has 0 fully saturated rings. The molecular weight excluding hydrogens is 366 g/mol. The lowest BCUT2D eigenvalue weighted by molar-refractivity contribution is 0.0526. The van der Waals surface area contributed by atoms with Crippen molar-refractivity contribution < 1.29 is 19.1 Å². The van der Waals surface area contributed by atoms with E-state index in [0.717, 1.165) is 10.3 Å². The molecule has 4 rings (SSSR count). The molecule has 5 nitrogen and oxygen atoms in total. The van der Waals surface area contributed by atoms with Crippen LogP contribution in [0.3, 0.4) is 0 Å². The molecule has 3 aromatic rings. The first-order chi connectivity index (χ1) is 13.0. The fraction of sp³-hybridized carbons (Fsp3) is 0.0952. The quantitative estimate of drug-likeness (QED) is 0.497. The van der Waals surface area contributed by atoms with Gasteiger partial charge < -0.3 is 4.74 Å². The third kappa shape index (κ3) is 2.67. The van der Waals surface area contributed by atoms with E-state index in [0.29, 0.717) is 16.5 Å². The van der Waals surface area contributed by atoms with Gasteiger partial charge in [-0.3, -0.25) is 9.59 Å². The summed E-state index contributed by atoms with van der Waals surface area (Å²) in [7, 11) is 0. The topological polar surface area (TPSA) is 63.7 Å². The van der Waals surface area contributed by atoms with E-state index in [1.165, 1.54) is 18.2 Å². The molecule has 0 radical (unpaired) electrons. The van der Waals surface area contributed by atoms with Crippen LogP contribution in [0, 0.1) is 0 Å². The van der Waals surface area contributed by atoms with Crippen LogP contribution in [-0.2, 0) is 4.74 Å². The molecule has 0 N–H and O–H groups in total. The smallest absolute Gasteiger partial charge is 0.339 e. The first-order valence-electron chi connectivity index (χ1n) is 8.40. The van der Waals surface area contributed by atoms with Gasteiger partial charge in [-0.05, 0) is 42.6 Å². The number of halogens is 1. The van der Waals surface area contributed by atoms with Gasteiger partial charge in [0.15, 0.2) is 0 Å². The maximum atomic E-state index is 13.1. The monoisotopic (exact) mass is 379 g/mol. The molecule has 134 valence electrons. The van der Waals surface area contributed by atoms with Gasteiger partial charge in [-0.15, -0.1) is 0 Å². The number of hydrogen-bond donors (Lipinski definition) is 0. The summed E-state index contributed by atoms with van der Waals surface area (Å²) in [5, 5.41) is 1.66. The second-order valence-corrected chi connectivity index (χ2v) is 6.45. The van der Waals surface area contributed by atoms with Gasteiger partial charge in [0.1, 0.15) is 0 Å². The van der Waals surface area contributed by atoms with Crippen molar-refractivity contribution in [2.45, 2.75) is 6.92 Å². The average molecular weight is 380 g/mol. The summed E-state index contributed by atoms with van der Waals surface area (Å²) in [6.07, 6.45) is 0. The van der Waals surface area contributed by atoms with Gasteiger partial charge in [-0.2, -0.15) is 0 Å². The summed E-state index contributed by atoms with van der Waals surface area (Å²) in [4.78, 5) is 39.3. The van der Waals surface area contributed by atoms with Crippen molar-refractivity contribution in [1.82, 2.24) is 0 Å². The number of carbonyl (C=O) groups is 3. The van der Waals surface area contributed by atoms with E-state index in [9.17, 15) is 14.4 Å². The van der Waals surface area contributed by atoms with Crippen molar-refractivity contribution in [2.75, 3.05) is 11.5 Å². The predicted molar refractivity (Wildman–Crippen MR) is 102 cm³/mol. The average Bonchev–Trinajstić information content (AvgIpc) is 2.67. The number of carbonyl (C=O) groups excluding carboxylic acids is 3.